The van der Waals surface area contributed by atoms with Gasteiger partial charge in [-0.3, -0.25) is 9.78 Å². The van der Waals surface area contributed by atoms with E-state index >= 15 is 0 Å². The predicted octanol–water partition coefficient (Wildman–Crippen LogP) is 2.37. The quantitative estimate of drug-likeness (QED) is 0.494. The van der Waals surface area contributed by atoms with Gasteiger partial charge in [0.1, 0.15) is 12.0 Å². The predicted molar refractivity (Wildman–Crippen MR) is 106 cm³/mol. The maximum absolute atomic E-state index is 13.3. The minimum atomic E-state index is -1.25. The summed E-state index contributed by atoms with van der Waals surface area (Å²) in [6.07, 6.45) is 11.3. The number of carboxylic acid groups (broad SMARTS) is 1. The van der Waals surface area contributed by atoms with Crippen molar-refractivity contribution in [2.75, 3.05) is 13.1 Å². The van der Waals surface area contributed by atoms with Crippen LogP contribution in [0.15, 0.2) is 24.5 Å². The second kappa shape index (κ2) is 9.61. The van der Waals surface area contributed by atoms with Crippen molar-refractivity contribution in [3.63, 3.8) is 0 Å². The van der Waals surface area contributed by atoms with Crippen LogP contribution in [0.25, 0.3) is 0 Å². The number of quaternary nitrogens is 1. The van der Waals surface area contributed by atoms with E-state index in [0.29, 0.717) is 31.8 Å². The summed E-state index contributed by atoms with van der Waals surface area (Å²) in [4.78, 5) is 42.5. The molecule has 2 aliphatic rings. The highest BCUT2D eigenvalue weighted by molar-refractivity contribution is 6.33. The molecule has 1 amide bonds. The number of pyridine rings is 1. The van der Waals surface area contributed by atoms with Crippen LogP contribution in [0.2, 0.25) is 0 Å². The number of aliphatic carboxylic acids is 1. The highest BCUT2D eigenvalue weighted by Crippen LogP contribution is 2.40. The Balaban J connectivity index is 1.80. The van der Waals surface area contributed by atoms with Gasteiger partial charge in [-0.15, -0.1) is 0 Å². The summed E-state index contributed by atoms with van der Waals surface area (Å²) in [7, 11) is 0. The zero-order valence-corrected chi connectivity index (χ0v) is 17.3. The summed E-state index contributed by atoms with van der Waals surface area (Å²) in [5.41, 5.74) is 0.792. The number of ketones is 1. The number of amides is 1. The number of likely N-dealkylation sites (tertiary alicyclic amines) is 1. The largest absolute Gasteiger partial charge is 0.544 e. The average molecular weight is 401 g/mol. The number of hydrogen-bond acceptors (Lipinski definition) is 5. The van der Waals surface area contributed by atoms with E-state index < -0.39 is 23.7 Å². The van der Waals surface area contributed by atoms with Crippen molar-refractivity contribution in [1.29, 1.82) is 0 Å². The van der Waals surface area contributed by atoms with Crippen molar-refractivity contribution < 1.29 is 24.0 Å². The van der Waals surface area contributed by atoms with E-state index in [2.05, 4.69) is 4.98 Å². The molecule has 29 heavy (non-hydrogen) atoms. The number of rotatable bonds is 8. The molecule has 1 saturated heterocycles. The fourth-order valence-electron chi connectivity index (χ4n) is 5.47. The van der Waals surface area contributed by atoms with Crippen molar-refractivity contribution >= 4 is 17.7 Å². The lowest BCUT2D eigenvalue weighted by atomic mass is 9.85. The van der Waals surface area contributed by atoms with Crippen molar-refractivity contribution in [2.24, 2.45) is 5.92 Å². The number of carboxylic acids is 1. The molecular weight excluding hydrogens is 368 g/mol. The van der Waals surface area contributed by atoms with Gasteiger partial charge < -0.3 is 9.90 Å². The molecule has 1 aliphatic heterocycles. The highest BCUT2D eigenvalue weighted by atomic mass is 16.4. The van der Waals surface area contributed by atoms with Crippen LogP contribution in [0.3, 0.4) is 0 Å². The average Bonchev–Trinajstić information content (AvgIpc) is 3.13. The zero-order valence-electron chi connectivity index (χ0n) is 17.3. The maximum Gasteiger partial charge on any atom is 0.382 e. The van der Waals surface area contributed by atoms with Gasteiger partial charge in [0.2, 0.25) is 0 Å². The third kappa shape index (κ3) is 4.58. The van der Waals surface area contributed by atoms with Crippen molar-refractivity contribution in [3.8, 4) is 0 Å². The minimum absolute atomic E-state index is 0.227. The summed E-state index contributed by atoms with van der Waals surface area (Å²) in [5, 5.41) is 12.2. The van der Waals surface area contributed by atoms with Crippen LogP contribution in [0, 0.1) is 5.92 Å². The van der Waals surface area contributed by atoms with Gasteiger partial charge in [0.15, 0.2) is 0 Å². The Labute approximate surface area is 172 Å². The van der Waals surface area contributed by atoms with E-state index in [1.165, 1.54) is 19.3 Å². The SMILES string of the molecule is CCC[N+]1(C(=O)C(=O)CCC2CCCCC2)CCC(c2cccnc2)C1C(=O)[O-]. The van der Waals surface area contributed by atoms with Crippen LogP contribution in [0.5, 0.6) is 0 Å². The molecule has 0 radical (unpaired) electrons. The fraction of sp³-hybridized carbons (Fsp3) is 0.652. The lowest BCUT2D eigenvalue weighted by Crippen LogP contribution is -2.64. The lowest BCUT2D eigenvalue weighted by Gasteiger charge is -2.38. The second-order valence-corrected chi connectivity index (χ2v) is 8.70. The minimum Gasteiger partial charge on any atom is -0.544 e. The third-order valence-electron chi connectivity index (χ3n) is 6.88. The second-order valence-electron chi connectivity index (χ2n) is 8.70. The number of carbonyl (C=O) groups excluding carboxylic acids is 3. The highest BCUT2D eigenvalue weighted by Gasteiger charge is 2.55. The van der Waals surface area contributed by atoms with E-state index in [0.717, 1.165) is 24.8 Å². The fourth-order valence-corrected chi connectivity index (χ4v) is 5.47. The lowest BCUT2D eigenvalue weighted by molar-refractivity contribution is -0.858. The molecule has 6 nitrogen and oxygen atoms in total. The molecule has 158 valence electrons. The van der Waals surface area contributed by atoms with Crippen molar-refractivity contribution in [1.82, 2.24) is 4.98 Å². The summed E-state index contributed by atoms with van der Waals surface area (Å²) in [5.74, 6) is -2.06. The van der Waals surface area contributed by atoms with Gasteiger partial charge in [-0.05, 0) is 30.4 Å². The van der Waals surface area contributed by atoms with E-state index in [1.807, 2.05) is 13.0 Å². The van der Waals surface area contributed by atoms with Gasteiger partial charge in [0, 0.05) is 31.2 Å². The Morgan fingerprint density at radius 3 is 2.55 bits per heavy atom. The first-order valence-electron chi connectivity index (χ1n) is 11.0. The van der Waals surface area contributed by atoms with E-state index in [4.69, 9.17) is 0 Å². The number of Topliss-reactive ketones (excluding diaryl/α,β-unsaturated/α-hetero) is 1. The zero-order chi connectivity index (χ0) is 20.9. The molecule has 1 aromatic rings. The molecule has 0 N–H and O–H groups in total. The molecule has 0 aromatic carbocycles. The van der Waals surface area contributed by atoms with Gasteiger partial charge in [-0.1, -0.05) is 45.1 Å². The van der Waals surface area contributed by atoms with Gasteiger partial charge in [-0.25, -0.2) is 9.28 Å². The molecule has 3 rings (SSSR count). The molecule has 3 atom stereocenters. The van der Waals surface area contributed by atoms with Crippen LogP contribution in [-0.4, -0.2) is 46.3 Å². The Bertz CT molecular complexity index is 730. The van der Waals surface area contributed by atoms with Gasteiger partial charge in [-0.2, -0.15) is 0 Å². The molecule has 2 fully saturated rings. The molecule has 1 aliphatic carbocycles. The molecule has 2 heterocycles. The van der Waals surface area contributed by atoms with Crippen molar-refractivity contribution in [3.05, 3.63) is 30.1 Å². The van der Waals surface area contributed by atoms with Gasteiger partial charge >= 0.3 is 5.91 Å². The summed E-state index contributed by atoms with van der Waals surface area (Å²) >= 11 is 0. The Morgan fingerprint density at radius 2 is 1.93 bits per heavy atom. The van der Waals surface area contributed by atoms with E-state index in [-0.39, 0.29) is 16.8 Å². The Kier molecular flexibility index (Phi) is 7.17. The number of nitrogens with zero attached hydrogens (tertiary/aromatic N) is 2. The molecule has 0 bridgehead atoms. The smallest absolute Gasteiger partial charge is 0.382 e. The van der Waals surface area contributed by atoms with Gasteiger partial charge in [0.05, 0.1) is 13.1 Å². The van der Waals surface area contributed by atoms with Crippen LogP contribution < -0.4 is 5.11 Å². The Morgan fingerprint density at radius 1 is 1.17 bits per heavy atom. The summed E-state index contributed by atoms with van der Waals surface area (Å²) < 4.78 is -0.304. The number of carbonyl (C=O) groups is 3. The van der Waals surface area contributed by atoms with E-state index in [9.17, 15) is 19.5 Å². The van der Waals surface area contributed by atoms with Crippen LogP contribution >= 0.6 is 0 Å². The molecular formula is C23H32N2O4. The third-order valence-corrected chi connectivity index (χ3v) is 6.88. The molecule has 1 aromatic heterocycles. The molecule has 1 saturated carbocycles. The van der Waals surface area contributed by atoms with Crippen LogP contribution in [0.1, 0.15) is 76.2 Å². The molecule has 0 spiro atoms. The number of hydrogen-bond donors (Lipinski definition) is 0. The molecule has 3 unspecified atom stereocenters. The first-order chi connectivity index (χ1) is 14.0. The van der Waals surface area contributed by atoms with Crippen LogP contribution in [-0.2, 0) is 14.4 Å². The van der Waals surface area contributed by atoms with E-state index in [1.54, 1.807) is 18.5 Å². The van der Waals surface area contributed by atoms with Crippen molar-refractivity contribution in [2.45, 2.75) is 76.7 Å². The number of aromatic nitrogens is 1. The first-order valence-corrected chi connectivity index (χ1v) is 11.0. The maximum atomic E-state index is 13.3. The van der Waals surface area contributed by atoms with Gasteiger partial charge in [0.25, 0.3) is 5.78 Å². The standard InChI is InChI=1S/C23H32N2O4/c1-2-14-25(22(27)20(26)11-10-17-7-4-3-5-8-17)15-12-19(21(25)23(28)29)18-9-6-13-24-16-18/h6,9,13,16-17,19,21H,2-5,7-8,10-12,14-15H2,1H3. The monoisotopic (exact) mass is 400 g/mol. The summed E-state index contributed by atoms with van der Waals surface area (Å²) in [6.45, 7) is 2.63. The topological polar surface area (TPSA) is 87.2 Å². The summed E-state index contributed by atoms with van der Waals surface area (Å²) in [6, 6.07) is 2.57. The van der Waals surface area contributed by atoms with Crippen LogP contribution in [0.4, 0.5) is 0 Å². The normalized spacial score (nSPS) is 27.6. The Hall–Kier alpha value is -2.08. The first kappa shape index (κ1) is 21.6. The molecule has 6 heteroatoms.